The molecule has 21 heavy (non-hydrogen) atoms. The first-order valence-electron chi connectivity index (χ1n) is 7.70. The summed E-state index contributed by atoms with van der Waals surface area (Å²) in [7, 11) is 0. The Bertz CT molecular complexity index is 616. The van der Waals surface area contributed by atoms with E-state index < -0.39 is 0 Å². The lowest BCUT2D eigenvalue weighted by Crippen LogP contribution is -2.28. The van der Waals surface area contributed by atoms with Gasteiger partial charge in [-0.2, -0.15) is 0 Å². The normalized spacial score (nSPS) is 24.2. The molecule has 2 atom stereocenters. The molecule has 2 aromatic heterocycles. The highest BCUT2D eigenvalue weighted by Crippen LogP contribution is 2.54. The summed E-state index contributed by atoms with van der Waals surface area (Å²) in [6, 6.07) is 3.80. The van der Waals surface area contributed by atoms with Crippen LogP contribution in [0.2, 0.25) is 0 Å². The number of pyridine rings is 1. The third kappa shape index (κ3) is 3.09. The molecule has 0 saturated heterocycles. The summed E-state index contributed by atoms with van der Waals surface area (Å²) in [6.07, 6.45) is 7.40. The molecule has 0 bridgehead atoms. The Morgan fingerprint density at radius 2 is 2.43 bits per heavy atom. The van der Waals surface area contributed by atoms with Crippen LogP contribution in [-0.2, 0) is 11.2 Å². The molecule has 1 fully saturated rings. The monoisotopic (exact) mass is 286 g/mol. The lowest BCUT2D eigenvalue weighted by Gasteiger charge is -2.09. The summed E-state index contributed by atoms with van der Waals surface area (Å²) in [4.78, 5) is 16.0. The minimum Gasteiger partial charge on any atom is -0.459 e. The Hall–Kier alpha value is -1.84. The fraction of sp³-hybridized carbons (Fsp3) is 0.529. The van der Waals surface area contributed by atoms with Crippen molar-refractivity contribution in [2.45, 2.75) is 39.5 Å². The Labute approximate surface area is 124 Å². The molecular weight excluding hydrogens is 264 g/mol. The molecular formula is C17H22N2O2. The molecule has 2 heterocycles. The molecule has 0 aromatic carbocycles. The van der Waals surface area contributed by atoms with Gasteiger partial charge in [-0.05, 0) is 36.3 Å². The number of nitrogens with one attached hydrogen (secondary N) is 1. The van der Waals surface area contributed by atoms with E-state index in [-0.39, 0.29) is 5.91 Å². The first kappa shape index (κ1) is 14.1. The van der Waals surface area contributed by atoms with Crippen molar-refractivity contribution in [3.8, 4) is 0 Å². The van der Waals surface area contributed by atoms with Gasteiger partial charge in [0.05, 0.1) is 12.6 Å². The quantitative estimate of drug-likeness (QED) is 0.886. The highest BCUT2D eigenvalue weighted by Gasteiger charge is 2.48. The van der Waals surface area contributed by atoms with Crippen LogP contribution < -0.4 is 5.32 Å². The van der Waals surface area contributed by atoms with E-state index in [1.54, 1.807) is 12.4 Å². The van der Waals surface area contributed by atoms with Crippen molar-refractivity contribution in [1.82, 2.24) is 10.3 Å². The van der Waals surface area contributed by atoms with Crippen molar-refractivity contribution in [2.75, 3.05) is 6.54 Å². The summed E-state index contributed by atoms with van der Waals surface area (Å²) in [5, 5.41) is 4.03. The fourth-order valence-electron chi connectivity index (χ4n) is 3.18. The van der Waals surface area contributed by atoms with E-state index in [4.69, 9.17) is 4.42 Å². The zero-order chi connectivity index (χ0) is 14.9. The zero-order valence-electron chi connectivity index (χ0n) is 12.7. The third-order valence-electron chi connectivity index (χ3n) is 4.61. The van der Waals surface area contributed by atoms with Crippen LogP contribution in [0.25, 0.3) is 11.0 Å². The number of rotatable bonds is 6. The lowest BCUT2D eigenvalue weighted by atomic mass is 10.0. The maximum atomic E-state index is 12.0. The van der Waals surface area contributed by atoms with Crippen molar-refractivity contribution in [2.24, 2.45) is 11.3 Å². The number of nitrogens with zero attached hydrogens (tertiary/aromatic N) is 1. The standard InChI is InChI=1S/C17H22N2O2/c1-3-5-17(2)9-13(17)10-19-16(20)8-14-7-12-4-6-18-11-15(12)21-14/h4,6-7,11,13H,3,5,8-10H2,1-2H3,(H,19,20). The third-order valence-corrected chi connectivity index (χ3v) is 4.61. The Morgan fingerprint density at radius 1 is 1.57 bits per heavy atom. The van der Waals surface area contributed by atoms with Gasteiger partial charge in [0.1, 0.15) is 5.76 Å². The van der Waals surface area contributed by atoms with Crippen molar-refractivity contribution in [3.63, 3.8) is 0 Å². The summed E-state index contributed by atoms with van der Waals surface area (Å²) in [6.45, 7) is 5.33. The Balaban J connectivity index is 1.51. The molecule has 1 aliphatic rings. The summed E-state index contributed by atoms with van der Waals surface area (Å²) >= 11 is 0. The largest absolute Gasteiger partial charge is 0.459 e. The molecule has 3 rings (SSSR count). The van der Waals surface area contributed by atoms with Gasteiger partial charge in [-0.25, -0.2) is 0 Å². The van der Waals surface area contributed by atoms with Crippen LogP contribution in [-0.4, -0.2) is 17.4 Å². The van der Waals surface area contributed by atoms with Gasteiger partial charge in [-0.15, -0.1) is 0 Å². The van der Waals surface area contributed by atoms with Gasteiger partial charge in [0.15, 0.2) is 5.58 Å². The highest BCUT2D eigenvalue weighted by atomic mass is 16.3. The van der Waals surface area contributed by atoms with Gasteiger partial charge >= 0.3 is 0 Å². The number of amides is 1. The first-order chi connectivity index (χ1) is 10.1. The minimum atomic E-state index is 0.0350. The van der Waals surface area contributed by atoms with Crippen LogP contribution >= 0.6 is 0 Å². The zero-order valence-corrected chi connectivity index (χ0v) is 12.7. The fourth-order valence-corrected chi connectivity index (χ4v) is 3.18. The van der Waals surface area contributed by atoms with Crippen LogP contribution in [0.1, 0.15) is 38.9 Å². The first-order valence-corrected chi connectivity index (χ1v) is 7.70. The van der Waals surface area contributed by atoms with Crippen LogP contribution in [0.5, 0.6) is 0 Å². The van der Waals surface area contributed by atoms with Crippen LogP contribution in [0.3, 0.4) is 0 Å². The molecule has 1 amide bonds. The SMILES string of the molecule is CCCC1(C)CC1CNC(=O)Cc1cc2ccncc2o1. The number of hydrogen-bond donors (Lipinski definition) is 1. The van der Waals surface area contributed by atoms with Gasteiger partial charge in [0.2, 0.25) is 5.91 Å². The smallest absolute Gasteiger partial charge is 0.227 e. The summed E-state index contributed by atoms with van der Waals surface area (Å²) in [5.74, 6) is 1.37. The van der Waals surface area contributed by atoms with E-state index in [1.807, 2.05) is 12.1 Å². The second-order valence-corrected chi connectivity index (χ2v) is 6.41. The molecule has 1 saturated carbocycles. The van der Waals surface area contributed by atoms with Crippen molar-refractivity contribution in [1.29, 1.82) is 0 Å². The number of carbonyl (C=O) groups is 1. The average Bonchev–Trinajstić information content (AvgIpc) is 2.92. The number of furan rings is 1. The van der Waals surface area contributed by atoms with E-state index in [2.05, 4.69) is 24.1 Å². The van der Waals surface area contributed by atoms with E-state index in [0.717, 1.165) is 17.5 Å². The second-order valence-electron chi connectivity index (χ2n) is 6.41. The van der Waals surface area contributed by atoms with E-state index in [0.29, 0.717) is 23.5 Å². The number of carbonyl (C=O) groups excluding carboxylic acids is 1. The minimum absolute atomic E-state index is 0.0350. The van der Waals surface area contributed by atoms with Crippen molar-refractivity contribution in [3.05, 3.63) is 30.3 Å². The molecule has 0 aliphatic heterocycles. The molecule has 112 valence electrons. The van der Waals surface area contributed by atoms with Gasteiger partial charge in [0.25, 0.3) is 0 Å². The maximum Gasteiger partial charge on any atom is 0.227 e. The molecule has 1 aliphatic carbocycles. The molecule has 2 unspecified atom stereocenters. The molecule has 2 aromatic rings. The molecule has 0 spiro atoms. The van der Waals surface area contributed by atoms with Crippen LogP contribution in [0.15, 0.2) is 28.9 Å². The van der Waals surface area contributed by atoms with E-state index >= 15 is 0 Å². The molecule has 4 nitrogen and oxygen atoms in total. The van der Waals surface area contributed by atoms with Gasteiger partial charge in [-0.3, -0.25) is 9.78 Å². The van der Waals surface area contributed by atoms with Crippen molar-refractivity contribution < 1.29 is 9.21 Å². The van der Waals surface area contributed by atoms with Crippen LogP contribution in [0, 0.1) is 11.3 Å². The van der Waals surface area contributed by atoms with Gasteiger partial charge < -0.3 is 9.73 Å². The highest BCUT2D eigenvalue weighted by molar-refractivity contribution is 5.81. The number of hydrogen-bond acceptors (Lipinski definition) is 3. The molecule has 1 N–H and O–H groups in total. The Kier molecular flexibility index (Phi) is 3.70. The topological polar surface area (TPSA) is 55.1 Å². The lowest BCUT2D eigenvalue weighted by molar-refractivity contribution is -0.120. The maximum absolute atomic E-state index is 12.0. The van der Waals surface area contributed by atoms with Gasteiger partial charge in [-0.1, -0.05) is 20.3 Å². The molecule has 4 heteroatoms. The Morgan fingerprint density at radius 3 is 3.19 bits per heavy atom. The number of aromatic nitrogens is 1. The van der Waals surface area contributed by atoms with Crippen LogP contribution in [0.4, 0.5) is 0 Å². The van der Waals surface area contributed by atoms with E-state index in [1.165, 1.54) is 19.3 Å². The number of fused-ring (bicyclic) bond motifs is 1. The predicted molar refractivity (Wildman–Crippen MR) is 81.8 cm³/mol. The van der Waals surface area contributed by atoms with Gasteiger partial charge in [0, 0.05) is 18.1 Å². The average molecular weight is 286 g/mol. The van der Waals surface area contributed by atoms with E-state index in [9.17, 15) is 4.79 Å². The second kappa shape index (κ2) is 5.51. The predicted octanol–water partition coefficient (Wildman–Crippen LogP) is 3.31. The summed E-state index contributed by atoms with van der Waals surface area (Å²) in [5.41, 5.74) is 1.19. The summed E-state index contributed by atoms with van der Waals surface area (Å²) < 4.78 is 5.62. The van der Waals surface area contributed by atoms with Crippen molar-refractivity contribution >= 4 is 16.9 Å². The molecule has 0 radical (unpaired) electrons.